The second-order valence-corrected chi connectivity index (χ2v) is 9.62. The summed E-state index contributed by atoms with van der Waals surface area (Å²) in [5.41, 5.74) is 0.607. The zero-order valence-corrected chi connectivity index (χ0v) is 17.7. The molecule has 156 valence electrons. The summed E-state index contributed by atoms with van der Waals surface area (Å²) in [6, 6.07) is 6.63. The summed E-state index contributed by atoms with van der Waals surface area (Å²) in [6.45, 7) is 8.17. The number of amides is 1. The lowest BCUT2D eigenvalue weighted by molar-refractivity contribution is -0.117. The lowest BCUT2D eigenvalue weighted by Crippen LogP contribution is -2.45. The summed E-state index contributed by atoms with van der Waals surface area (Å²) in [4.78, 5) is 15.2. The Labute approximate surface area is 168 Å². The fraction of sp³-hybridized carbons (Fsp3) is 0.650. The highest BCUT2D eigenvalue weighted by molar-refractivity contribution is 7.89. The SMILES string of the molecule is CCN1CCC[C@H]1CN[C@@H](C)C(=O)Nc1ccc(S(=O)(=O)N2CCCC2)cc1. The maximum Gasteiger partial charge on any atom is 0.243 e. The molecule has 2 heterocycles. The maximum absolute atomic E-state index is 12.6. The van der Waals surface area contributed by atoms with Crippen LogP contribution in [0.4, 0.5) is 5.69 Å². The van der Waals surface area contributed by atoms with Crippen LogP contribution in [0.15, 0.2) is 29.2 Å². The second-order valence-electron chi connectivity index (χ2n) is 7.68. The number of hydrogen-bond acceptors (Lipinski definition) is 5. The molecule has 2 atom stereocenters. The van der Waals surface area contributed by atoms with Crippen LogP contribution in [-0.4, -0.2) is 68.3 Å². The maximum atomic E-state index is 12.6. The van der Waals surface area contributed by atoms with Crippen LogP contribution in [0, 0.1) is 0 Å². The predicted molar refractivity (Wildman–Crippen MR) is 111 cm³/mol. The minimum Gasteiger partial charge on any atom is -0.325 e. The molecular formula is C20H32N4O3S. The van der Waals surface area contributed by atoms with E-state index < -0.39 is 10.0 Å². The number of benzene rings is 1. The van der Waals surface area contributed by atoms with Gasteiger partial charge in [-0.3, -0.25) is 9.69 Å². The standard InChI is InChI=1S/C20H32N4O3S/c1-3-23-12-6-7-18(23)15-21-16(2)20(25)22-17-8-10-19(11-9-17)28(26,27)24-13-4-5-14-24/h8-11,16,18,21H,3-7,12-15H2,1-2H3,(H,22,25)/t16-,18-/m0/s1. The molecule has 8 heteroatoms. The molecule has 0 unspecified atom stereocenters. The number of hydrogen-bond donors (Lipinski definition) is 2. The van der Waals surface area contributed by atoms with E-state index in [1.165, 1.54) is 17.1 Å². The third-order valence-corrected chi connectivity index (χ3v) is 7.70. The minimum atomic E-state index is -3.42. The van der Waals surface area contributed by atoms with Crippen molar-refractivity contribution in [2.45, 2.75) is 56.5 Å². The molecule has 1 aromatic rings. The van der Waals surface area contributed by atoms with Crippen LogP contribution in [0.1, 0.15) is 39.5 Å². The summed E-state index contributed by atoms with van der Waals surface area (Å²) in [7, 11) is -3.42. The third kappa shape index (κ3) is 4.92. The van der Waals surface area contributed by atoms with Gasteiger partial charge in [0.1, 0.15) is 0 Å². The number of nitrogens with zero attached hydrogens (tertiary/aromatic N) is 2. The lowest BCUT2D eigenvalue weighted by atomic mass is 10.2. The number of anilines is 1. The molecule has 0 spiro atoms. The van der Waals surface area contributed by atoms with Gasteiger partial charge < -0.3 is 10.6 Å². The fourth-order valence-electron chi connectivity index (χ4n) is 3.99. The van der Waals surface area contributed by atoms with Crippen LogP contribution in [0.3, 0.4) is 0 Å². The van der Waals surface area contributed by atoms with Crippen molar-refractivity contribution in [2.75, 3.05) is 38.0 Å². The van der Waals surface area contributed by atoms with E-state index >= 15 is 0 Å². The first-order valence-electron chi connectivity index (χ1n) is 10.3. The van der Waals surface area contributed by atoms with Crippen molar-refractivity contribution in [3.8, 4) is 0 Å². The lowest BCUT2D eigenvalue weighted by Gasteiger charge is -2.24. The minimum absolute atomic E-state index is 0.115. The van der Waals surface area contributed by atoms with Gasteiger partial charge in [-0.15, -0.1) is 0 Å². The smallest absolute Gasteiger partial charge is 0.243 e. The average Bonchev–Trinajstić information content (AvgIpc) is 3.38. The number of likely N-dealkylation sites (tertiary alicyclic amines) is 1. The first-order valence-corrected chi connectivity index (χ1v) is 11.7. The molecule has 7 nitrogen and oxygen atoms in total. The van der Waals surface area contributed by atoms with E-state index in [4.69, 9.17) is 0 Å². The molecule has 2 N–H and O–H groups in total. The van der Waals surface area contributed by atoms with Gasteiger partial charge in [-0.1, -0.05) is 6.92 Å². The highest BCUT2D eigenvalue weighted by Gasteiger charge is 2.27. The topological polar surface area (TPSA) is 81.8 Å². The zero-order chi connectivity index (χ0) is 20.1. The van der Waals surface area contributed by atoms with Crippen molar-refractivity contribution < 1.29 is 13.2 Å². The summed E-state index contributed by atoms with van der Waals surface area (Å²) < 4.78 is 26.6. The largest absolute Gasteiger partial charge is 0.325 e. The number of nitrogens with one attached hydrogen (secondary N) is 2. The van der Waals surface area contributed by atoms with Crippen LogP contribution >= 0.6 is 0 Å². The molecule has 0 aliphatic carbocycles. The van der Waals surface area contributed by atoms with Crippen molar-refractivity contribution in [1.29, 1.82) is 0 Å². The number of sulfonamides is 1. The van der Waals surface area contributed by atoms with Gasteiger partial charge in [0, 0.05) is 31.4 Å². The van der Waals surface area contributed by atoms with Crippen molar-refractivity contribution in [3.63, 3.8) is 0 Å². The van der Waals surface area contributed by atoms with E-state index in [2.05, 4.69) is 22.5 Å². The Hall–Kier alpha value is -1.48. The molecule has 2 aliphatic rings. The Morgan fingerprint density at radius 3 is 2.46 bits per heavy atom. The van der Waals surface area contributed by atoms with Gasteiger partial charge in [-0.05, 0) is 70.0 Å². The van der Waals surface area contributed by atoms with Crippen LogP contribution < -0.4 is 10.6 Å². The summed E-state index contributed by atoms with van der Waals surface area (Å²) in [5.74, 6) is -0.115. The molecule has 3 rings (SSSR count). The average molecular weight is 409 g/mol. The van der Waals surface area contributed by atoms with Gasteiger partial charge in [0.25, 0.3) is 0 Å². The van der Waals surface area contributed by atoms with Crippen molar-refractivity contribution >= 4 is 21.6 Å². The zero-order valence-electron chi connectivity index (χ0n) is 16.9. The van der Waals surface area contributed by atoms with E-state index in [-0.39, 0.29) is 16.8 Å². The van der Waals surface area contributed by atoms with Gasteiger partial charge in [-0.25, -0.2) is 8.42 Å². The van der Waals surface area contributed by atoms with Crippen LogP contribution in [0.5, 0.6) is 0 Å². The molecule has 1 amide bonds. The van der Waals surface area contributed by atoms with Gasteiger partial charge in [0.15, 0.2) is 0 Å². The van der Waals surface area contributed by atoms with Gasteiger partial charge in [0.05, 0.1) is 10.9 Å². The van der Waals surface area contributed by atoms with E-state index in [1.807, 2.05) is 6.92 Å². The Kier molecular flexibility index (Phi) is 7.09. The van der Waals surface area contributed by atoms with Crippen molar-refractivity contribution in [3.05, 3.63) is 24.3 Å². The highest BCUT2D eigenvalue weighted by Crippen LogP contribution is 2.22. The summed E-state index contributed by atoms with van der Waals surface area (Å²) in [5, 5.41) is 6.19. The summed E-state index contributed by atoms with van der Waals surface area (Å²) in [6.07, 6.45) is 4.21. The highest BCUT2D eigenvalue weighted by atomic mass is 32.2. The quantitative estimate of drug-likeness (QED) is 0.686. The van der Waals surface area contributed by atoms with Crippen molar-refractivity contribution in [1.82, 2.24) is 14.5 Å². The first-order chi connectivity index (χ1) is 13.4. The molecule has 2 saturated heterocycles. The number of carbonyl (C=O) groups is 1. The monoisotopic (exact) mass is 408 g/mol. The molecular weight excluding hydrogens is 376 g/mol. The Balaban J connectivity index is 1.52. The molecule has 28 heavy (non-hydrogen) atoms. The number of likely N-dealkylation sites (N-methyl/N-ethyl adjacent to an activating group) is 1. The molecule has 0 bridgehead atoms. The van der Waals surface area contributed by atoms with Crippen LogP contribution in [0.2, 0.25) is 0 Å². The second kappa shape index (κ2) is 9.35. The van der Waals surface area contributed by atoms with Gasteiger partial charge in [0.2, 0.25) is 15.9 Å². The summed E-state index contributed by atoms with van der Waals surface area (Å²) >= 11 is 0. The molecule has 0 saturated carbocycles. The van der Waals surface area contributed by atoms with Crippen LogP contribution in [-0.2, 0) is 14.8 Å². The van der Waals surface area contributed by atoms with E-state index in [1.54, 1.807) is 24.3 Å². The number of carbonyl (C=O) groups excluding carboxylic acids is 1. The van der Waals surface area contributed by atoms with E-state index in [0.717, 1.165) is 32.5 Å². The molecule has 2 aliphatic heterocycles. The van der Waals surface area contributed by atoms with Crippen LogP contribution in [0.25, 0.3) is 0 Å². The first kappa shape index (κ1) is 21.2. The van der Waals surface area contributed by atoms with Crippen molar-refractivity contribution in [2.24, 2.45) is 0 Å². The molecule has 2 fully saturated rings. The Bertz CT molecular complexity index is 760. The molecule has 0 radical (unpaired) electrons. The Morgan fingerprint density at radius 1 is 1.14 bits per heavy atom. The molecule has 0 aromatic heterocycles. The predicted octanol–water partition coefficient (Wildman–Crippen LogP) is 1.87. The third-order valence-electron chi connectivity index (χ3n) is 5.78. The van der Waals surface area contributed by atoms with Gasteiger partial charge >= 0.3 is 0 Å². The fourth-order valence-corrected chi connectivity index (χ4v) is 5.50. The normalized spacial score (nSPS) is 22.4. The van der Waals surface area contributed by atoms with E-state index in [0.29, 0.717) is 24.8 Å². The Morgan fingerprint density at radius 2 is 1.82 bits per heavy atom. The molecule has 1 aromatic carbocycles. The van der Waals surface area contributed by atoms with E-state index in [9.17, 15) is 13.2 Å². The van der Waals surface area contributed by atoms with Gasteiger partial charge in [-0.2, -0.15) is 4.31 Å². The number of rotatable bonds is 8.